The topological polar surface area (TPSA) is 42.7 Å². The third-order valence-corrected chi connectivity index (χ3v) is 3.03. The van der Waals surface area contributed by atoms with Crippen molar-refractivity contribution < 1.29 is 0 Å². The van der Waals surface area contributed by atoms with Crippen LogP contribution in [0.5, 0.6) is 0 Å². The summed E-state index contributed by atoms with van der Waals surface area (Å²) in [6, 6.07) is 4.49. The molecule has 0 saturated heterocycles. The number of nitrogens with zero attached hydrogens (tertiary/aromatic N) is 3. The zero-order valence-corrected chi connectivity index (χ0v) is 12.3. The summed E-state index contributed by atoms with van der Waals surface area (Å²) in [6.07, 6.45) is 5.73. The van der Waals surface area contributed by atoms with Crippen molar-refractivity contribution in [1.29, 1.82) is 0 Å². The lowest BCUT2D eigenvalue weighted by Gasteiger charge is -2.18. The van der Waals surface area contributed by atoms with Crippen LogP contribution in [0, 0.1) is 0 Å². The van der Waals surface area contributed by atoms with E-state index in [4.69, 9.17) is 0 Å². The molecule has 1 N–H and O–H groups in total. The van der Waals surface area contributed by atoms with Crippen LogP contribution in [0.15, 0.2) is 30.7 Å². The third-order valence-electron chi connectivity index (χ3n) is 3.03. The van der Waals surface area contributed by atoms with E-state index in [2.05, 4.69) is 56.1 Å². The molecule has 0 unspecified atom stereocenters. The monoisotopic (exact) mass is 258 g/mol. The van der Waals surface area contributed by atoms with Gasteiger partial charge in [0.05, 0.1) is 11.9 Å². The quantitative estimate of drug-likeness (QED) is 0.908. The number of nitrogens with one attached hydrogen (secondary N) is 1. The van der Waals surface area contributed by atoms with Crippen molar-refractivity contribution in [2.75, 3.05) is 5.32 Å². The third kappa shape index (κ3) is 3.34. The van der Waals surface area contributed by atoms with Crippen molar-refractivity contribution in [1.82, 2.24) is 14.8 Å². The molecule has 19 heavy (non-hydrogen) atoms. The second kappa shape index (κ2) is 5.03. The normalized spacial score (nSPS) is 11.9. The van der Waals surface area contributed by atoms with Gasteiger partial charge in [0, 0.05) is 18.4 Å². The largest absolute Gasteiger partial charge is 0.338 e. The highest BCUT2D eigenvalue weighted by Gasteiger charge is 2.13. The smallest absolute Gasteiger partial charge is 0.130 e. The predicted octanol–water partition coefficient (Wildman–Crippen LogP) is 3.90. The van der Waals surface area contributed by atoms with E-state index < -0.39 is 0 Å². The van der Waals surface area contributed by atoms with E-state index in [-0.39, 0.29) is 5.41 Å². The van der Waals surface area contributed by atoms with Crippen molar-refractivity contribution in [2.45, 2.75) is 46.1 Å². The maximum atomic E-state index is 4.45. The zero-order chi connectivity index (χ0) is 14.0. The summed E-state index contributed by atoms with van der Waals surface area (Å²) in [4.78, 5) is 4.45. The molecule has 2 rings (SSSR count). The van der Waals surface area contributed by atoms with Gasteiger partial charge in [-0.3, -0.25) is 4.68 Å². The van der Waals surface area contributed by atoms with E-state index in [0.717, 1.165) is 11.5 Å². The van der Waals surface area contributed by atoms with Gasteiger partial charge in [-0.15, -0.1) is 0 Å². The second-order valence-electron chi connectivity index (χ2n) is 6.11. The maximum absolute atomic E-state index is 4.45. The molecular formula is C15H22N4. The Morgan fingerprint density at radius 2 is 1.89 bits per heavy atom. The van der Waals surface area contributed by atoms with Gasteiger partial charge in [0.2, 0.25) is 0 Å². The molecule has 2 aromatic heterocycles. The average molecular weight is 258 g/mol. The van der Waals surface area contributed by atoms with Crippen LogP contribution in [0.1, 0.15) is 46.2 Å². The second-order valence-corrected chi connectivity index (χ2v) is 6.11. The Balaban J connectivity index is 2.11. The van der Waals surface area contributed by atoms with Crippen LogP contribution >= 0.6 is 0 Å². The van der Waals surface area contributed by atoms with E-state index >= 15 is 0 Å². The Kier molecular flexibility index (Phi) is 3.60. The number of pyridine rings is 1. The molecule has 4 heteroatoms. The predicted molar refractivity (Wildman–Crippen MR) is 78.8 cm³/mol. The molecule has 0 aromatic carbocycles. The molecule has 0 amide bonds. The molecule has 0 aliphatic rings. The van der Waals surface area contributed by atoms with Gasteiger partial charge in [-0.1, -0.05) is 26.8 Å². The molecule has 2 heterocycles. The zero-order valence-electron chi connectivity index (χ0n) is 12.3. The van der Waals surface area contributed by atoms with Crippen LogP contribution in [0.4, 0.5) is 11.5 Å². The number of hydrogen-bond acceptors (Lipinski definition) is 3. The van der Waals surface area contributed by atoms with Gasteiger partial charge in [-0.2, -0.15) is 5.10 Å². The Labute approximate surface area is 114 Å². The van der Waals surface area contributed by atoms with Gasteiger partial charge in [0.25, 0.3) is 0 Å². The minimum atomic E-state index is 0.133. The Hall–Kier alpha value is -1.84. The molecule has 0 aliphatic heterocycles. The van der Waals surface area contributed by atoms with Gasteiger partial charge in [-0.25, -0.2) is 4.98 Å². The number of rotatable bonds is 3. The van der Waals surface area contributed by atoms with Crippen molar-refractivity contribution in [2.24, 2.45) is 0 Å². The fourth-order valence-corrected chi connectivity index (χ4v) is 1.74. The highest BCUT2D eigenvalue weighted by Crippen LogP contribution is 2.23. The fourth-order valence-electron chi connectivity index (χ4n) is 1.74. The summed E-state index contributed by atoms with van der Waals surface area (Å²) < 4.78 is 1.92. The number of hydrogen-bond donors (Lipinski definition) is 1. The van der Waals surface area contributed by atoms with E-state index in [9.17, 15) is 0 Å². The molecule has 0 aliphatic carbocycles. The molecule has 4 nitrogen and oxygen atoms in total. The Bertz CT molecular complexity index is 532. The summed E-state index contributed by atoms with van der Waals surface area (Å²) >= 11 is 0. The van der Waals surface area contributed by atoms with Crippen molar-refractivity contribution in [3.63, 3.8) is 0 Å². The summed E-state index contributed by atoms with van der Waals surface area (Å²) in [7, 11) is 0. The summed E-state index contributed by atoms with van der Waals surface area (Å²) in [5, 5.41) is 7.56. The molecular weight excluding hydrogens is 236 g/mol. The van der Waals surface area contributed by atoms with Gasteiger partial charge in [0.15, 0.2) is 0 Å². The molecule has 0 radical (unpaired) electrons. The van der Waals surface area contributed by atoms with E-state index in [0.29, 0.717) is 6.04 Å². The number of aromatic nitrogens is 3. The van der Waals surface area contributed by atoms with E-state index in [1.54, 1.807) is 0 Å². The first-order valence-electron chi connectivity index (χ1n) is 6.64. The highest BCUT2D eigenvalue weighted by molar-refractivity contribution is 5.54. The lowest BCUT2D eigenvalue weighted by atomic mass is 9.88. The van der Waals surface area contributed by atoms with Crippen molar-refractivity contribution >= 4 is 11.5 Å². The van der Waals surface area contributed by atoms with Crippen LogP contribution < -0.4 is 5.32 Å². The average Bonchev–Trinajstić information content (AvgIpc) is 2.77. The summed E-state index contributed by atoms with van der Waals surface area (Å²) in [5.41, 5.74) is 2.33. The van der Waals surface area contributed by atoms with Crippen molar-refractivity contribution in [3.05, 3.63) is 36.3 Å². The maximum Gasteiger partial charge on any atom is 0.130 e. The van der Waals surface area contributed by atoms with E-state index in [1.165, 1.54) is 5.56 Å². The van der Waals surface area contributed by atoms with Gasteiger partial charge < -0.3 is 5.32 Å². The molecule has 0 bridgehead atoms. The first-order valence-corrected chi connectivity index (χ1v) is 6.64. The van der Waals surface area contributed by atoms with Crippen LogP contribution in [0.2, 0.25) is 0 Å². The van der Waals surface area contributed by atoms with Gasteiger partial charge in [-0.05, 0) is 30.9 Å². The van der Waals surface area contributed by atoms with E-state index in [1.807, 2.05) is 29.3 Å². The standard InChI is InChI=1S/C15H22N4/c1-11(2)19-10-13(9-17-19)18-14-7-6-12(8-16-14)15(3,4)5/h6-11H,1-5H3,(H,16,18). The fraction of sp³-hybridized carbons (Fsp3) is 0.467. The minimum Gasteiger partial charge on any atom is -0.338 e. The highest BCUT2D eigenvalue weighted by atomic mass is 15.3. The van der Waals surface area contributed by atoms with Crippen LogP contribution in [0.3, 0.4) is 0 Å². The Morgan fingerprint density at radius 3 is 2.37 bits per heavy atom. The molecule has 102 valence electrons. The molecule has 0 spiro atoms. The minimum absolute atomic E-state index is 0.133. The Morgan fingerprint density at radius 1 is 1.16 bits per heavy atom. The van der Waals surface area contributed by atoms with Crippen LogP contribution in [0.25, 0.3) is 0 Å². The first kappa shape index (κ1) is 13.6. The summed E-state index contributed by atoms with van der Waals surface area (Å²) in [5.74, 6) is 0.844. The van der Waals surface area contributed by atoms with Gasteiger partial charge >= 0.3 is 0 Å². The first-order chi connectivity index (χ1) is 8.86. The van der Waals surface area contributed by atoms with Gasteiger partial charge in [0.1, 0.15) is 5.82 Å². The molecule has 2 aromatic rings. The lowest BCUT2D eigenvalue weighted by molar-refractivity contribution is 0.532. The molecule has 0 fully saturated rings. The summed E-state index contributed by atoms with van der Waals surface area (Å²) in [6.45, 7) is 10.8. The van der Waals surface area contributed by atoms with Crippen LogP contribution in [-0.4, -0.2) is 14.8 Å². The number of anilines is 2. The van der Waals surface area contributed by atoms with Crippen LogP contribution in [-0.2, 0) is 5.41 Å². The molecule has 0 atom stereocenters. The SMILES string of the molecule is CC(C)n1cc(Nc2ccc(C(C)(C)C)cn2)cn1. The lowest BCUT2D eigenvalue weighted by Crippen LogP contribution is -2.11. The van der Waals surface area contributed by atoms with Crippen molar-refractivity contribution in [3.8, 4) is 0 Å². The molecule has 0 saturated carbocycles.